The second kappa shape index (κ2) is 4.40. The van der Waals surface area contributed by atoms with E-state index < -0.39 is 0 Å². The van der Waals surface area contributed by atoms with Crippen molar-refractivity contribution in [2.45, 2.75) is 6.54 Å². The van der Waals surface area contributed by atoms with Crippen molar-refractivity contribution in [2.75, 3.05) is 0 Å². The Bertz CT molecular complexity index is 705. The Morgan fingerprint density at radius 2 is 2.11 bits per heavy atom. The van der Waals surface area contributed by atoms with Crippen molar-refractivity contribution >= 4 is 22.8 Å². The molecular weight excluding hydrogens is 248 g/mol. The Labute approximate surface area is 109 Å². The van der Waals surface area contributed by atoms with E-state index in [-0.39, 0.29) is 0 Å². The Kier molecular flexibility index (Phi) is 2.74. The summed E-state index contributed by atoms with van der Waals surface area (Å²) < 4.78 is 1.93. The maximum absolute atomic E-state index is 6.02. The molecule has 0 amide bonds. The Hall–Kier alpha value is -1.91. The molecule has 0 saturated heterocycles. The number of hydrogen-bond donors (Lipinski definition) is 1. The average molecular weight is 259 g/mol. The zero-order chi connectivity index (χ0) is 12.5. The second-order valence-corrected chi connectivity index (χ2v) is 4.33. The smallest absolute Gasteiger partial charge is 0.164 e. The first kappa shape index (κ1) is 11.2. The number of hydrogen-bond acceptors (Lipinski definition) is 3. The standard InChI is InChI=1S/C13H11ClN4/c14-9-3-1-4-10(7-9)18-12(8-15)17-11-5-2-6-16-13(11)18/h1-7H,8,15H2. The third-order valence-electron chi connectivity index (χ3n) is 2.73. The number of nitrogens with zero attached hydrogens (tertiary/aromatic N) is 3. The predicted molar refractivity (Wildman–Crippen MR) is 71.8 cm³/mol. The van der Waals surface area contributed by atoms with Gasteiger partial charge in [-0.2, -0.15) is 0 Å². The lowest BCUT2D eigenvalue weighted by Gasteiger charge is -2.07. The first-order chi connectivity index (χ1) is 8.79. The van der Waals surface area contributed by atoms with E-state index in [2.05, 4.69) is 9.97 Å². The number of aromatic nitrogens is 3. The van der Waals surface area contributed by atoms with Gasteiger partial charge < -0.3 is 5.73 Å². The van der Waals surface area contributed by atoms with Crippen molar-refractivity contribution in [3.8, 4) is 5.69 Å². The zero-order valence-electron chi connectivity index (χ0n) is 9.55. The third-order valence-corrected chi connectivity index (χ3v) is 2.97. The molecule has 0 unspecified atom stereocenters. The molecule has 90 valence electrons. The molecule has 2 aromatic heterocycles. The highest BCUT2D eigenvalue weighted by Crippen LogP contribution is 2.21. The van der Waals surface area contributed by atoms with Crippen molar-refractivity contribution in [1.82, 2.24) is 14.5 Å². The quantitative estimate of drug-likeness (QED) is 0.768. The molecule has 1 aromatic carbocycles. The van der Waals surface area contributed by atoms with Gasteiger partial charge in [0.1, 0.15) is 11.3 Å². The van der Waals surface area contributed by atoms with Crippen LogP contribution in [0.3, 0.4) is 0 Å². The molecule has 4 nitrogen and oxygen atoms in total. The summed E-state index contributed by atoms with van der Waals surface area (Å²) in [7, 11) is 0. The normalized spacial score (nSPS) is 11.0. The summed E-state index contributed by atoms with van der Waals surface area (Å²) in [6, 6.07) is 11.3. The van der Waals surface area contributed by atoms with Crippen LogP contribution in [-0.2, 0) is 6.54 Å². The number of nitrogens with two attached hydrogens (primary N) is 1. The van der Waals surface area contributed by atoms with Gasteiger partial charge in [-0.05, 0) is 30.3 Å². The topological polar surface area (TPSA) is 56.7 Å². The number of fused-ring (bicyclic) bond motifs is 1. The zero-order valence-corrected chi connectivity index (χ0v) is 10.3. The van der Waals surface area contributed by atoms with Crippen LogP contribution in [0.15, 0.2) is 42.6 Å². The average Bonchev–Trinajstić information content (AvgIpc) is 2.77. The van der Waals surface area contributed by atoms with E-state index in [1.807, 2.05) is 41.0 Å². The minimum Gasteiger partial charge on any atom is -0.324 e. The number of benzene rings is 1. The van der Waals surface area contributed by atoms with E-state index in [1.54, 1.807) is 6.20 Å². The molecule has 18 heavy (non-hydrogen) atoms. The van der Waals surface area contributed by atoms with E-state index in [9.17, 15) is 0 Å². The molecule has 5 heteroatoms. The van der Waals surface area contributed by atoms with Crippen LogP contribution in [0.1, 0.15) is 5.82 Å². The van der Waals surface area contributed by atoms with Gasteiger partial charge in [0.05, 0.1) is 12.2 Å². The van der Waals surface area contributed by atoms with Gasteiger partial charge in [0.25, 0.3) is 0 Å². The maximum Gasteiger partial charge on any atom is 0.164 e. The molecule has 3 rings (SSSR count). The monoisotopic (exact) mass is 258 g/mol. The minimum atomic E-state index is 0.350. The van der Waals surface area contributed by atoms with Gasteiger partial charge >= 0.3 is 0 Å². The summed E-state index contributed by atoms with van der Waals surface area (Å²) in [4.78, 5) is 8.83. The molecule has 0 atom stereocenters. The van der Waals surface area contributed by atoms with Crippen LogP contribution in [0.25, 0.3) is 16.9 Å². The van der Waals surface area contributed by atoms with E-state index in [0.29, 0.717) is 11.6 Å². The van der Waals surface area contributed by atoms with Crippen molar-refractivity contribution in [1.29, 1.82) is 0 Å². The highest BCUT2D eigenvalue weighted by atomic mass is 35.5. The van der Waals surface area contributed by atoms with E-state index in [1.165, 1.54) is 0 Å². The van der Waals surface area contributed by atoms with Gasteiger partial charge in [-0.3, -0.25) is 4.57 Å². The van der Waals surface area contributed by atoms with E-state index in [0.717, 1.165) is 22.7 Å². The Morgan fingerprint density at radius 1 is 1.22 bits per heavy atom. The van der Waals surface area contributed by atoms with Gasteiger partial charge in [-0.25, -0.2) is 9.97 Å². The molecule has 2 N–H and O–H groups in total. The van der Waals surface area contributed by atoms with Crippen LogP contribution in [0.5, 0.6) is 0 Å². The molecule has 0 aliphatic carbocycles. The summed E-state index contributed by atoms with van der Waals surface area (Å²) >= 11 is 6.02. The maximum atomic E-state index is 6.02. The largest absolute Gasteiger partial charge is 0.324 e. The highest BCUT2D eigenvalue weighted by molar-refractivity contribution is 6.30. The van der Waals surface area contributed by atoms with Gasteiger partial charge in [0.2, 0.25) is 0 Å². The van der Waals surface area contributed by atoms with Crippen molar-refractivity contribution in [3.63, 3.8) is 0 Å². The lowest BCUT2D eigenvalue weighted by Crippen LogP contribution is -2.07. The third kappa shape index (κ3) is 1.75. The first-order valence-electron chi connectivity index (χ1n) is 5.58. The highest BCUT2D eigenvalue weighted by Gasteiger charge is 2.11. The van der Waals surface area contributed by atoms with E-state index >= 15 is 0 Å². The molecule has 0 bridgehead atoms. The summed E-state index contributed by atoms with van der Waals surface area (Å²) in [5, 5.41) is 0.674. The van der Waals surface area contributed by atoms with Crippen molar-refractivity contribution < 1.29 is 0 Å². The Morgan fingerprint density at radius 3 is 2.89 bits per heavy atom. The fourth-order valence-corrected chi connectivity index (χ4v) is 2.17. The summed E-state index contributed by atoms with van der Waals surface area (Å²) in [5.41, 5.74) is 8.29. The fraction of sp³-hybridized carbons (Fsp3) is 0.0769. The summed E-state index contributed by atoms with van der Waals surface area (Å²) in [6.07, 6.45) is 1.74. The molecule has 0 radical (unpaired) electrons. The summed E-state index contributed by atoms with van der Waals surface area (Å²) in [6.45, 7) is 0.350. The number of imidazole rings is 1. The van der Waals surface area contributed by atoms with Gasteiger partial charge in [-0.15, -0.1) is 0 Å². The molecule has 0 fully saturated rings. The predicted octanol–water partition coefficient (Wildman–Crippen LogP) is 2.53. The molecular formula is C13H11ClN4. The molecule has 0 aliphatic rings. The van der Waals surface area contributed by atoms with Gasteiger partial charge in [0.15, 0.2) is 5.65 Å². The molecule has 0 spiro atoms. The van der Waals surface area contributed by atoms with Crippen LogP contribution in [0, 0.1) is 0 Å². The van der Waals surface area contributed by atoms with Crippen molar-refractivity contribution in [2.24, 2.45) is 5.73 Å². The number of halogens is 1. The lowest BCUT2D eigenvalue weighted by atomic mass is 10.3. The molecule has 0 aliphatic heterocycles. The van der Waals surface area contributed by atoms with Crippen molar-refractivity contribution in [3.05, 3.63) is 53.4 Å². The number of pyridine rings is 1. The van der Waals surface area contributed by atoms with Crippen LogP contribution in [-0.4, -0.2) is 14.5 Å². The van der Waals surface area contributed by atoms with Gasteiger partial charge in [-0.1, -0.05) is 17.7 Å². The molecule has 2 heterocycles. The first-order valence-corrected chi connectivity index (χ1v) is 5.96. The summed E-state index contributed by atoms with van der Waals surface area (Å²) in [5.74, 6) is 0.769. The van der Waals surface area contributed by atoms with Crippen LogP contribution < -0.4 is 5.73 Å². The fourth-order valence-electron chi connectivity index (χ4n) is 1.98. The number of rotatable bonds is 2. The minimum absolute atomic E-state index is 0.350. The molecule has 3 aromatic rings. The van der Waals surface area contributed by atoms with Crippen LogP contribution >= 0.6 is 11.6 Å². The van der Waals surface area contributed by atoms with Gasteiger partial charge in [0, 0.05) is 11.2 Å². The lowest BCUT2D eigenvalue weighted by molar-refractivity contribution is 0.877. The second-order valence-electron chi connectivity index (χ2n) is 3.89. The molecule has 0 saturated carbocycles. The van der Waals surface area contributed by atoms with E-state index in [4.69, 9.17) is 17.3 Å². The Balaban J connectivity index is 2.33. The van der Waals surface area contributed by atoms with Crippen LogP contribution in [0.2, 0.25) is 5.02 Å². The SMILES string of the molecule is NCc1nc2cccnc2n1-c1cccc(Cl)c1. The van der Waals surface area contributed by atoms with Crippen LogP contribution in [0.4, 0.5) is 0 Å².